The van der Waals surface area contributed by atoms with Crippen LogP contribution in [-0.4, -0.2) is 66.7 Å². The molecule has 0 aliphatic carbocycles. The molecule has 1 aliphatic rings. The van der Waals surface area contributed by atoms with Crippen molar-refractivity contribution in [2.45, 2.75) is 24.7 Å². The molecule has 1 N–H and O–H groups in total. The Morgan fingerprint density at radius 3 is 2.35 bits per heavy atom. The summed E-state index contributed by atoms with van der Waals surface area (Å²) in [5.74, 6) is -0.111. The van der Waals surface area contributed by atoms with Crippen LogP contribution in [0.1, 0.15) is 19.8 Å². The van der Waals surface area contributed by atoms with Gasteiger partial charge >= 0.3 is 0 Å². The first-order valence-electron chi connectivity index (χ1n) is 10.8. The molecule has 0 saturated carbocycles. The molecule has 34 heavy (non-hydrogen) atoms. The highest BCUT2D eigenvalue weighted by Crippen LogP contribution is 2.32. The number of carbonyl (C=O) groups is 1. The Morgan fingerprint density at radius 2 is 1.74 bits per heavy atom. The number of amides is 1. The molecule has 0 radical (unpaired) electrons. The number of sulfonamides is 2. The Hall–Kier alpha value is -2.83. The second kappa shape index (κ2) is 10.6. The largest absolute Gasteiger partial charge is 0.495 e. The maximum atomic E-state index is 12.9. The number of nitrogens with one attached hydrogen (secondary N) is 1. The fourth-order valence-corrected chi connectivity index (χ4v) is 6.07. The van der Waals surface area contributed by atoms with Crippen molar-refractivity contribution in [3.8, 4) is 11.5 Å². The van der Waals surface area contributed by atoms with Crippen LogP contribution in [0.3, 0.4) is 0 Å². The van der Waals surface area contributed by atoms with Crippen molar-refractivity contribution >= 4 is 37.3 Å². The van der Waals surface area contributed by atoms with Gasteiger partial charge in [-0.15, -0.1) is 0 Å². The van der Waals surface area contributed by atoms with E-state index in [9.17, 15) is 21.6 Å². The first-order valence-corrected chi connectivity index (χ1v) is 14.0. The van der Waals surface area contributed by atoms with Gasteiger partial charge in [-0.25, -0.2) is 16.8 Å². The van der Waals surface area contributed by atoms with Crippen LogP contribution in [0.4, 0.5) is 11.4 Å². The molecule has 10 nitrogen and oxygen atoms in total. The summed E-state index contributed by atoms with van der Waals surface area (Å²) in [4.78, 5) is 12.9. The van der Waals surface area contributed by atoms with Gasteiger partial charge in [-0.2, -0.15) is 4.31 Å². The molecule has 1 heterocycles. The number of nitrogens with zero attached hydrogens (tertiary/aromatic N) is 2. The minimum absolute atomic E-state index is 0.0205. The zero-order chi connectivity index (χ0) is 24.9. The number of carbonyl (C=O) groups excluding carboxylic acids is 1. The molecule has 0 bridgehead atoms. The van der Waals surface area contributed by atoms with Crippen molar-refractivity contribution in [3.05, 3.63) is 42.5 Å². The van der Waals surface area contributed by atoms with Gasteiger partial charge in [0.25, 0.3) is 0 Å². The highest BCUT2D eigenvalue weighted by Gasteiger charge is 2.29. The third-order valence-electron chi connectivity index (χ3n) is 5.27. The Balaban J connectivity index is 1.89. The Kier molecular flexibility index (Phi) is 8.05. The average Bonchev–Trinajstić information content (AvgIpc) is 3.33. The molecule has 1 saturated heterocycles. The van der Waals surface area contributed by atoms with Crippen molar-refractivity contribution in [1.82, 2.24) is 4.31 Å². The lowest BCUT2D eigenvalue weighted by Gasteiger charge is -2.24. The van der Waals surface area contributed by atoms with Gasteiger partial charge in [0.05, 0.1) is 36.2 Å². The van der Waals surface area contributed by atoms with Crippen LogP contribution >= 0.6 is 0 Å². The van der Waals surface area contributed by atoms with E-state index >= 15 is 0 Å². The highest BCUT2D eigenvalue weighted by molar-refractivity contribution is 7.92. The Morgan fingerprint density at radius 1 is 1.06 bits per heavy atom. The maximum absolute atomic E-state index is 12.9. The van der Waals surface area contributed by atoms with E-state index in [0.29, 0.717) is 25.4 Å². The third-order valence-corrected chi connectivity index (χ3v) is 8.29. The summed E-state index contributed by atoms with van der Waals surface area (Å²) >= 11 is 0. The summed E-state index contributed by atoms with van der Waals surface area (Å²) in [5.41, 5.74) is 0.346. The number of para-hydroxylation sites is 2. The van der Waals surface area contributed by atoms with Crippen LogP contribution in [0.2, 0.25) is 0 Å². The summed E-state index contributed by atoms with van der Waals surface area (Å²) in [6, 6.07) is 10.7. The highest BCUT2D eigenvalue weighted by atomic mass is 32.2. The topological polar surface area (TPSA) is 122 Å². The van der Waals surface area contributed by atoms with Crippen LogP contribution in [-0.2, 0) is 24.8 Å². The maximum Gasteiger partial charge on any atom is 0.245 e. The summed E-state index contributed by atoms with van der Waals surface area (Å²) in [6.07, 6.45) is 2.58. The monoisotopic (exact) mass is 511 g/mol. The number of hydrogen-bond acceptors (Lipinski definition) is 7. The Labute approximate surface area is 200 Å². The van der Waals surface area contributed by atoms with Crippen LogP contribution in [0.15, 0.2) is 47.4 Å². The predicted octanol–water partition coefficient (Wildman–Crippen LogP) is 2.28. The van der Waals surface area contributed by atoms with Crippen molar-refractivity contribution in [2.24, 2.45) is 0 Å². The lowest BCUT2D eigenvalue weighted by atomic mass is 10.2. The summed E-state index contributed by atoms with van der Waals surface area (Å²) in [6.45, 7) is 2.42. The molecule has 1 amide bonds. The molecule has 1 aliphatic heterocycles. The molecule has 1 fully saturated rings. The van der Waals surface area contributed by atoms with E-state index in [-0.39, 0.29) is 22.0 Å². The molecule has 0 atom stereocenters. The minimum Gasteiger partial charge on any atom is -0.495 e. The number of methoxy groups -OCH3 is 1. The molecule has 2 aromatic rings. The van der Waals surface area contributed by atoms with Gasteiger partial charge < -0.3 is 14.8 Å². The molecule has 0 aromatic heterocycles. The SMILES string of the molecule is CCOc1ccccc1N(CC(=O)Nc1cc(S(=O)(=O)N2CCCC2)ccc1OC)S(C)(=O)=O. The molecule has 3 rings (SSSR count). The molecule has 0 spiro atoms. The van der Waals surface area contributed by atoms with Gasteiger partial charge in [-0.3, -0.25) is 9.10 Å². The lowest BCUT2D eigenvalue weighted by molar-refractivity contribution is -0.114. The standard InChI is InChI=1S/C22H29N3O7S2/c1-4-32-21-10-6-5-9-19(21)25(33(3,27)28)16-22(26)23-18-15-17(11-12-20(18)31-2)34(29,30)24-13-7-8-14-24/h5-6,9-12,15H,4,7-8,13-14,16H2,1-3H3,(H,23,26). The number of rotatable bonds is 10. The van der Waals surface area contributed by atoms with Gasteiger partial charge in [-0.05, 0) is 50.1 Å². The van der Waals surface area contributed by atoms with Gasteiger partial charge in [0.2, 0.25) is 26.0 Å². The number of ether oxygens (including phenoxy) is 2. The lowest BCUT2D eigenvalue weighted by Crippen LogP contribution is -2.37. The predicted molar refractivity (Wildman–Crippen MR) is 129 cm³/mol. The van der Waals surface area contributed by atoms with E-state index in [4.69, 9.17) is 9.47 Å². The minimum atomic E-state index is -3.85. The zero-order valence-electron chi connectivity index (χ0n) is 19.4. The van der Waals surface area contributed by atoms with Crippen LogP contribution in [0.5, 0.6) is 11.5 Å². The summed E-state index contributed by atoms with van der Waals surface area (Å²) < 4.78 is 64.0. The van der Waals surface area contributed by atoms with Crippen molar-refractivity contribution in [2.75, 3.05) is 49.2 Å². The fraction of sp³-hybridized carbons (Fsp3) is 0.409. The van der Waals surface area contributed by atoms with Gasteiger partial charge in [0, 0.05) is 13.1 Å². The van der Waals surface area contributed by atoms with Crippen molar-refractivity contribution in [1.29, 1.82) is 0 Å². The first-order chi connectivity index (χ1) is 16.1. The third kappa shape index (κ3) is 5.80. The normalized spacial score (nSPS) is 14.6. The quantitative estimate of drug-likeness (QED) is 0.519. The van der Waals surface area contributed by atoms with E-state index in [1.54, 1.807) is 31.2 Å². The first kappa shape index (κ1) is 25.8. The van der Waals surface area contributed by atoms with Gasteiger partial charge in [-0.1, -0.05) is 12.1 Å². The second-order valence-electron chi connectivity index (χ2n) is 7.69. The van der Waals surface area contributed by atoms with Crippen molar-refractivity contribution < 1.29 is 31.1 Å². The molecular formula is C22H29N3O7S2. The van der Waals surface area contributed by atoms with E-state index in [1.165, 1.54) is 29.6 Å². The Bertz CT molecular complexity index is 1240. The molecule has 0 unspecified atom stereocenters. The van der Waals surface area contributed by atoms with E-state index in [2.05, 4.69) is 5.32 Å². The average molecular weight is 512 g/mol. The van der Waals surface area contributed by atoms with E-state index < -0.39 is 32.5 Å². The van der Waals surface area contributed by atoms with E-state index in [1.807, 2.05) is 0 Å². The number of hydrogen-bond donors (Lipinski definition) is 1. The molecule has 186 valence electrons. The van der Waals surface area contributed by atoms with Crippen LogP contribution in [0, 0.1) is 0 Å². The summed E-state index contributed by atoms with van der Waals surface area (Å²) in [7, 11) is -6.18. The number of anilines is 2. The fourth-order valence-electron chi connectivity index (χ4n) is 3.66. The zero-order valence-corrected chi connectivity index (χ0v) is 21.0. The van der Waals surface area contributed by atoms with Crippen LogP contribution < -0.4 is 19.1 Å². The molecule has 12 heteroatoms. The van der Waals surface area contributed by atoms with E-state index in [0.717, 1.165) is 23.4 Å². The smallest absolute Gasteiger partial charge is 0.245 e. The molecular weight excluding hydrogens is 482 g/mol. The van der Waals surface area contributed by atoms with Crippen LogP contribution in [0.25, 0.3) is 0 Å². The number of benzene rings is 2. The van der Waals surface area contributed by atoms with Gasteiger partial charge in [0.1, 0.15) is 18.0 Å². The molecule has 2 aromatic carbocycles. The van der Waals surface area contributed by atoms with Gasteiger partial charge in [0.15, 0.2) is 0 Å². The second-order valence-corrected chi connectivity index (χ2v) is 11.5. The van der Waals surface area contributed by atoms with Crippen molar-refractivity contribution in [3.63, 3.8) is 0 Å². The summed E-state index contributed by atoms with van der Waals surface area (Å²) in [5, 5.41) is 2.59.